The molecule has 2 N–H and O–H groups in total. The Hall–Kier alpha value is -1.44. The van der Waals surface area contributed by atoms with Gasteiger partial charge in [-0.2, -0.15) is 0 Å². The molecular weight excluding hydrogens is 394 g/mol. The number of piperidine rings is 1. The van der Waals surface area contributed by atoms with Gasteiger partial charge in [0.1, 0.15) is 0 Å². The van der Waals surface area contributed by atoms with E-state index in [0.717, 1.165) is 36.0 Å². The van der Waals surface area contributed by atoms with Crippen LogP contribution < -0.4 is 10.6 Å². The Labute approximate surface area is 155 Å². The van der Waals surface area contributed by atoms with Gasteiger partial charge in [0.05, 0.1) is 18.3 Å². The summed E-state index contributed by atoms with van der Waals surface area (Å²) in [6.45, 7) is 3.91. The molecule has 1 amide bonds. The summed E-state index contributed by atoms with van der Waals surface area (Å²) in [7, 11) is 0. The quantitative estimate of drug-likeness (QED) is 0.807. The third-order valence-corrected chi connectivity index (χ3v) is 4.87. The highest BCUT2D eigenvalue weighted by Crippen LogP contribution is 2.23. The number of hydrogen-bond acceptors (Lipinski definition) is 4. The highest BCUT2D eigenvalue weighted by molar-refractivity contribution is 9.10. The van der Waals surface area contributed by atoms with Crippen molar-refractivity contribution in [2.75, 3.05) is 13.1 Å². The van der Waals surface area contributed by atoms with Crippen LogP contribution in [0.2, 0.25) is 0 Å². The zero-order valence-electron chi connectivity index (χ0n) is 13.4. The van der Waals surface area contributed by atoms with Gasteiger partial charge in [-0.15, -0.1) is 17.5 Å². The first-order valence-corrected chi connectivity index (χ1v) is 8.62. The summed E-state index contributed by atoms with van der Waals surface area (Å²) in [5.41, 5.74) is 1.40. The van der Waals surface area contributed by atoms with Gasteiger partial charge in [0.2, 0.25) is 0 Å². The lowest BCUT2D eigenvalue weighted by molar-refractivity contribution is 0.0934. The standard InChI is InChI=1S/C16H20BrN5O.ClH/c1-11(13-4-2-3-5-14(13)17)19-16(23)15-10-22(21-20-15)12-6-8-18-9-7-12;/h2-5,10-12,18H,6-9H2,1H3,(H,19,23);1H. The van der Waals surface area contributed by atoms with E-state index in [1.807, 2.05) is 35.9 Å². The topological polar surface area (TPSA) is 71.8 Å². The molecule has 130 valence electrons. The van der Waals surface area contributed by atoms with Gasteiger partial charge in [-0.25, -0.2) is 4.68 Å². The lowest BCUT2D eigenvalue weighted by Crippen LogP contribution is -2.29. The molecule has 6 nitrogen and oxygen atoms in total. The van der Waals surface area contributed by atoms with Crippen LogP contribution in [-0.4, -0.2) is 34.0 Å². The van der Waals surface area contributed by atoms with Crippen molar-refractivity contribution in [2.45, 2.75) is 31.8 Å². The molecule has 1 aliphatic heterocycles. The Morgan fingerprint density at radius 2 is 2.08 bits per heavy atom. The number of hydrogen-bond donors (Lipinski definition) is 2. The molecule has 24 heavy (non-hydrogen) atoms. The second-order valence-electron chi connectivity index (χ2n) is 5.78. The first-order chi connectivity index (χ1) is 11.1. The predicted molar refractivity (Wildman–Crippen MR) is 98.4 cm³/mol. The van der Waals surface area contributed by atoms with Gasteiger partial charge in [-0.05, 0) is 44.5 Å². The van der Waals surface area contributed by atoms with E-state index in [4.69, 9.17) is 0 Å². The van der Waals surface area contributed by atoms with Crippen molar-refractivity contribution in [2.24, 2.45) is 0 Å². The number of rotatable bonds is 4. The fourth-order valence-electron chi connectivity index (χ4n) is 2.81. The molecule has 0 saturated carbocycles. The van der Waals surface area contributed by atoms with Crippen LogP contribution in [0.5, 0.6) is 0 Å². The average molecular weight is 415 g/mol. The Bertz CT molecular complexity index is 687. The van der Waals surface area contributed by atoms with Crippen molar-refractivity contribution < 1.29 is 4.79 Å². The molecule has 3 rings (SSSR count). The molecule has 1 aromatic carbocycles. The highest BCUT2D eigenvalue weighted by Gasteiger charge is 2.20. The second-order valence-corrected chi connectivity index (χ2v) is 6.64. The van der Waals surface area contributed by atoms with E-state index in [0.29, 0.717) is 11.7 Å². The van der Waals surface area contributed by atoms with Crippen LogP contribution in [0.15, 0.2) is 34.9 Å². The molecule has 1 fully saturated rings. The summed E-state index contributed by atoms with van der Waals surface area (Å²) in [5, 5.41) is 14.4. The molecule has 2 aromatic rings. The summed E-state index contributed by atoms with van der Waals surface area (Å²) < 4.78 is 2.80. The number of halogens is 2. The van der Waals surface area contributed by atoms with Crippen LogP contribution in [0.3, 0.4) is 0 Å². The first-order valence-electron chi connectivity index (χ1n) is 7.83. The van der Waals surface area contributed by atoms with Gasteiger partial charge in [0, 0.05) is 4.47 Å². The third kappa shape index (κ3) is 4.34. The minimum absolute atomic E-state index is 0. The van der Waals surface area contributed by atoms with Crippen LogP contribution in [0.25, 0.3) is 0 Å². The maximum absolute atomic E-state index is 12.4. The number of carbonyl (C=O) groups excluding carboxylic acids is 1. The number of nitrogens with one attached hydrogen (secondary N) is 2. The molecule has 0 spiro atoms. The number of carbonyl (C=O) groups is 1. The molecule has 1 aromatic heterocycles. The third-order valence-electron chi connectivity index (χ3n) is 4.15. The molecular formula is C16H21BrClN5O. The van der Waals surface area contributed by atoms with E-state index in [9.17, 15) is 4.79 Å². The van der Waals surface area contributed by atoms with Crippen molar-refractivity contribution >= 4 is 34.2 Å². The van der Waals surface area contributed by atoms with E-state index in [1.165, 1.54) is 0 Å². The van der Waals surface area contributed by atoms with E-state index < -0.39 is 0 Å². The largest absolute Gasteiger partial charge is 0.344 e. The van der Waals surface area contributed by atoms with Gasteiger partial charge in [-0.3, -0.25) is 4.79 Å². The Balaban J connectivity index is 0.00000208. The van der Waals surface area contributed by atoms with Crippen molar-refractivity contribution in [3.8, 4) is 0 Å². The minimum Gasteiger partial charge on any atom is -0.344 e. The fourth-order valence-corrected chi connectivity index (χ4v) is 3.43. The van der Waals surface area contributed by atoms with Crippen molar-refractivity contribution in [3.63, 3.8) is 0 Å². The molecule has 0 bridgehead atoms. The number of benzene rings is 1. The average Bonchev–Trinajstić information content (AvgIpc) is 3.06. The maximum Gasteiger partial charge on any atom is 0.273 e. The monoisotopic (exact) mass is 413 g/mol. The van der Waals surface area contributed by atoms with Gasteiger partial charge in [-0.1, -0.05) is 39.3 Å². The second kappa shape index (κ2) is 8.60. The summed E-state index contributed by atoms with van der Waals surface area (Å²) in [6, 6.07) is 8.07. The number of aromatic nitrogens is 3. The zero-order valence-corrected chi connectivity index (χ0v) is 15.8. The van der Waals surface area contributed by atoms with E-state index in [1.54, 1.807) is 6.20 Å². The minimum atomic E-state index is -0.201. The predicted octanol–water partition coefficient (Wildman–Crippen LogP) is 2.88. The van der Waals surface area contributed by atoms with Crippen molar-refractivity contribution in [3.05, 3.63) is 46.2 Å². The Kier molecular flexibility index (Phi) is 6.77. The summed E-state index contributed by atoms with van der Waals surface area (Å²) in [5.74, 6) is -0.201. The number of nitrogens with zero attached hydrogens (tertiary/aromatic N) is 3. The smallest absolute Gasteiger partial charge is 0.273 e. The molecule has 1 aliphatic rings. The van der Waals surface area contributed by atoms with E-state index in [2.05, 4.69) is 36.9 Å². The van der Waals surface area contributed by atoms with E-state index in [-0.39, 0.29) is 24.4 Å². The van der Waals surface area contributed by atoms with Gasteiger partial charge >= 0.3 is 0 Å². The van der Waals surface area contributed by atoms with Crippen LogP contribution in [0.4, 0.5) is 0 Å². The molecule has 1 unspecified atom stereocenters. The van der Waals surface area contributed by atoms with Gasteiger partial charge in [0.15, 0.2) is 5.69 Å². The molecule has 2 heterocycles. The zero-order chi connectivity index (χ0) is 16.2. The van der Waals surface area contributed by atoms with Crippen molar-refractivity contribution in [1.82, 2.24) is 25.6 Å². The van der Waals surface area contributed by atoms with Crippen molar-refractivity contribution in [1.29, 1.82) is 0 Å². The van der Waals surface area contributed by atoms with Crippen LogP contribution in [0.1, 0.15) is 47.9 Å². The normalized spacial score (nSPS) is 16.2. The van der Waals surface area contributed by atoms with Crippen LogP contribution in [-0.2, 0) is 0 Å². The maximum atomic E-state index is 12.4. The van der Waals surface area contributed by atoms with E-state index >= 15 is 0 Å². The molecule has 1 atom stereocenters. The number of amides is 1. The summed E-state index contributed by atoms with van der Waals surface area (Å²) in [6.07, 6.45) is 3.77. The van der Waals surface area contributed by atoms with Crippen LogP contribution >= 0.6 is 28.3 Å². The SMILES string of the molecule is CC(NC(=O)c1cn(C2CCNCC2)nn1)c1ccccc1Br.Cl. The lowest BCUT2D eigenvalue weighted by atomic mass is 10.1. The molecule has 0 aliphatic carbocycles. The molecule has 8 heteroatoms. The fraction of sp³-hybridized carbons (Fsp3) is 0.438. The first kappa shape index (κ1) is 18.9. The summed E-state index contributed by atoms with van der Waals surface area (Å²) in [4.78, 5) is 12.4. The molecule has 1 saturated heterocycles. The summed E-state index contributed by atoms with van der Waals surface area (Å²) >= 11 is 3.51. The Morgan fingerprint density at radius 3 is 2.79 bits per heavy atom. The lowest BCUT2D eigenvalue weighted by Gasteiger charge is -2.22. The van der Waals surface area contributed by atoms with Gasteiger partial charge < -0.3 is 10.6 Å². The van der Waals surface area contributed by atoms with Gasteiger partial charge in [0.25, 0.3) is 5.91 Å². The highest BCUT2D eigenvalue weighted by atomic mass is 79.9. The van der Waals surface area contributed by atoms with Crippen LogP contribution in [0, 0.1) is 0 Å². The molecule has 0 radical (unpaired) electrons. The Morgan fingerprint density at radius 1 is 1.38 bits per heavy atom.